The number of hydrogen-bond donors (Lipinski definition) is 1. The lowest BCUT2D eigenvalue weighted by Crippen LogP contribution is -2.13. The van der Waals surface area contributed by atoms with Crippen LogP contribution < -0.4 is 0 Å². The van der Waals surface area contributed by atoms with Gasteiger partial charge in [0.2, 0.25) is 5.84 Å². The van der Waals surface area contributed by atoms with E-state index in [4.69, 9.17) is 5.21 Å². The first-order valence-electron chi connectivity index (χ1n) is 4.04. The molecule has 70 valence electrons. The van der Waals surface area contributed by atoms with Crippen LogP contribution in [0.3, 0.4) is 0 Å². The minimum Gasteiger partial charge on any atom is -0.409 e. The highest BCUT2D eigenvalue weighted by Crippen LogP contribution is 2.01. The van der Waals surface area contributed by atoms with Gasteiger partial charge in [0.1, 0.15) is 12.7 Å². The molecule has 5 heteroatoms. The number of oxime groups is 1. The molecule has 1 aromatic carbocycles. The standard InChI is InChI=1S/C9H8N4O/c14-12-9(13-7-10-6-11-13)8-4-2-1-3-5-8/h1-7,14H/b12-9+. The predicted octanol–water partition coefficient (Wildman–Crippen LogP) is 0.962. The molecule has 0 amide bonds. The van der Waals surface area contributed by atoms with Gasteiger partial charge in [-0.05, 0) is 0 Å². The van der Waals surface area contributed by atoms with Crippen LogP contribution >= 0.6 is 0 Å². The van der Waals surface area contributed by atoms with Gasteiger partial charge in [-0.3, -0.25) is 0 Å². The van der Waals surface area contributed by atoms with Gasteiger partial charge in [0.15, 0.2) is 0 Å². The Kier molecular flexibility index (Phi) is 2.22. The highest BCUT2D eigenvalue weighted by Gasteiger charge is 2.05. The maximum atomic E-state index is 8.85. The summed E-state index contributed by atoms with van der Waals surface area (Å²) in [6.45, 7) is 0. The van der Waals surface area contributed by atoms with Gasteiger partial charge >= 0.3 is 0 Å². The van der Waals surface area contributed by atoms with Crippen LogP contribution in [0, 0.1) is 0 Å². The van der Waals surface area contributed by atoms with Gasteiger partial charge in [0, 0.05) is 5.56 Å². The Hall–Kier alpha value is -2.17. The van der Waals surface area contributed by atoms with Crippen molar-refractivity contribution in [3.05, 3.63) is 48.5 Å². The van der Waals surface area contributed by atoms with Crippen LogP contribution in [-0.4, -0.2) is 25.8 Å². The topological polar surface area (TPSA) is 63.3 Å². The number of benzene rings is 1. The molecule has 0 fully saturated rings. The van der Waals surface area contributed by atoms with E-state index in [0.717, 1.165) is 5.56 Å². The fourth-order valence-corrected chi connectivity index (χ4v) is 1.14. The molecule has 1 aromatic heterocycles. The smallest absolute Gasteiger partial charge is 0.201 e. The first-order valence-corrected chi connectivity index (χ1v) is 4.04. The Morgan fingerprint density at radius 2 is 2.07 bits per heavy atom. The fourth-order valence-electron chi connectivity index (χ4n) is 1.14. The molecule has 0 bridgehead atoms. The summed E-state index contributed by atoms with van der Waals surface area (Å²) in [5, 5.41) is 15.9. The zero-order valence-electron chi connectivity index (χ0n) is 7.28. The fraction of sp³-hybridized carbons (Fsp3) is 0. The third-order valence-corrected chi connectivity index (χ3v) is 1.76. The molecular formula is C9H8N4O. The third-order valence-electron chi connectivity index (χ3n) is 1.76. The van der Waals surface area contributed by atoms with E-state index >= 15 is 0 Å². The zero-order chi connectivity index (χ0) is 9.80. The van der Waals surface area contributed by atoms with Crippen LogP contribution in [0.4, 0.5) is 0 Å². The van der Waals surface area contributed by atoms with Crippen molar-refractivity contribution >= 4 is 5.84 Å². The molecule has 0 aliphatic heterocycles. The molecule has 2 aromatic rings. The quantitative estimate of drug-likeness (QED) is 0.314. The van der Waals surface area contributed by atoms with Gasteiger partial charge in [-0.1, -0.05) is 35.5 Å². The molecule has 0 saturated heterocycles. The van der Waals surface area contributed by atoms with Gasteiger partial charge in [-0.25, -0.2) is 4.98 Å². The average molecular weight is 188 g/mol. The van der Waals surface area contributed by atoms with E-state index in [2.05, 4.69) is 15.2 Å². The predicted molar refractivity (Wildman–Crippen MR) is 50.2 cm³/mol. The Morgan fingerprint density at radius 1 is 1.29 bits per heavy atom. The Bertz CT molecular complexity index is 421. The molecule has 0 unspecified atom stereocenters. The zero-order valence-corrected chi connectivity index (χ0v) is 7.28. The number of aromatic nitrogens is 3. The van der Waals surface area contributed by atoms with E-state index < -0.39 is 0 Å². The Morgan fingerprint density at radius 3 is 2.64 bits per heavy atom. The van der Waals surface area contributed by atoms with Gasteiger partial charge in [-0.15, -0.1) is 0 Å². The monoisotopic (exact) mass is 188 g/mol. The molecule has 0 radical (unpaired) electrons. The van der Waals surface area contributed by atoms with Crippen molar-refractivity contribution in [2.24, 2.45) is 5.16 Å². The normalized spacial score (nSPS) is 11.6. The second-order valence-corrected chi connectivity index (χ2v) is 2.63. The number of nitrogens with zero attached hydrogens (tertiary/aromatic N) is 4. The van der Waals surface area contributed by atoms with Crippen molar-refractivity contribution in [3.63, 3.8) is 0 Å². The van der Waals surface area contributed by atoms with E-state index in [1.807, 2.05) is 30.3 Å². The first kappa shape index (κ1) is 8.43. The summed E-state index contributed by atoms with van der Waals surface area (Å²) < 4.78 is 1.40. The van der Waals surface area contributed by atoms with Crippen molar-refractivity contribution in [3.8, 4) is 0 Å². The molecular weight excluding hydrogens is 180 g/mol. The third kappa shape index (κ3) is 1.47. The van der Waals surface area contributed by atoms with E-state index in [1.54, 1.807) is 0 Å². The Labute approximate surface area is 80.3 Å². The highest BCUT2D eigenvalue weighted by molar-refractivity contribution is 5.99. The van der Waals surface area contributed by atoms with Crippen molar-refractivity contribution in [2.45, 2.75) is 0 Å². The molecule has 0 aliphatic rings. The van der Waals surface area contributed by atoms with Crippen molar-refractivity contribution in [1.82, 2.24) is 14.8 Å². The summed E-state index contributed by atoms with van der Waals surface area (Å²) >= 11 is 0. The van der Waals surface area contributed by atoms with Crippen LogP contribution in [0.1, 0.15) is 5.56 Å². The van der Waals surface area contributed by atoms with Crippen molar-refractivity contribution in [2.75, 3.05) is 0 Å². The largest absolute Gasteiger partial charge is 0.409 e. The van der Waals surface area contributed by atoms with Crippen LogP contribution in [-0.2, 0) is 0 Å². The van der Waals surface area contributed by atoms with Gasteiger partial charge in [-0.2, -0.15) is 9.78 Å². The summed E-state index contributed by atoms with van der Waals surface area (Å²) in [5.41, 5.74) is 0.778. The molecule has 14 heavy (non-hydrogen) atoms. The lowest BCUT2D eigenvalue weighted by molar-refractivity contribution is 0.316. The van der Waals surface area contributed by atoms with E-state index in [1.165, 1.54) is 17.3 Å². The van der Waals surface area contributed by atoms with Gasteiger partial charge < -0.3 is 5.21 Å². The summed E-state index contributed by atoms with van der Waals surface area (Å²) in [7, 11) is 0. The SMILES string of the molecule is O/N=C(\c1ccccc1)n1cncn1. The average Bonchev–Trinajstić information content (AvgIpc) is 2.74. The summed E-state index contributed by atoms with van der Waals surface area (Å²) in [6.07, 6.45) is 2.86. The summed E-state index contributed by atoms with van der Waals surface area (Å²) in [6, 6.07) is 9.27. The first-order chi connectivity index (χ1) is 6.92. The summed E-state index contributed by atoms with van der Waals surface area (Å²) in [4.78, 5) is 3.78. The van der Waals surface area contributed by atoms with E-state index in [-0.39, 0.29) is 0 Å². The number of hydrogen-bond acceptors (Lipinski definition) is 4. The van der Waals surface area contributed by atoms with Gasteiger partial charge in [0.25, 0.3) is 0 Å². The van der Waals surface area contributed by atoms with Gasteiger partial charge in [0.05, 0.1) is 0 Å². The molecule has 1 heterocycles. The molecule has 0 atom stereocenters. The Balaban J connectivity index is 2.43. The maximum absolute atomic E-state index is 8.85. The van der Waals surface area contributed by atoms with E-state index in [9.17, 15) is 0 Å². The number of rotatable bonds is 1. The highest BCUT2D eigenvalue weighted by atomic mass is 16.4. The maximum Gasteiger partial charge on any atom is 0.201 e. The molecule has 2 rings (SSSR count). The second kappa shape index (κ2) is 3.69. The molecule has 0 spiro atoms. The summed E-state index contributed by atoms with van der Waals surface area (Å²) in [5.74, 6) is 0.350. The van der Waals surface area contributed by atoms with Crippen LogP contribution in [0.2, 0.25) is 0 Å². The second-order valence-electron chi connectivity index (χ2n) is 2.63. The van der Waals surface area contributed by atoms with E-state index in [0.29, 0.717) is 5.84 Å². The van der Waals surface area contributed by atoms with Crippen molar-refractivity contribution in [1.29, 1.82) is 0 Å². The lowest BCUT2D eigenvalue weighted by Gasteiger charge is -2.02. The molecule has 1 N–H and O–H groups in total. The molecule has 0 aliphatic carbocycles. The minimum absolute atomic E-state index is 0.350. The minimum atomic E-state index is 0.350. The molecule has 5 nitrogen and oxygen atoms in total. The van der Waals surface area contributed by atoms with Crippen molar-refractivity contribution < 1.29 is 5.21 Å². The van der Waals surface area contributed by atoms with Crippen LogP contribution in [0.5, 0.6) is 0 Å². The van der Waals surface area contributed by atoms with Crippen LogP contribution in [0.15, 0.2) is 48.1 Å². The lowest BCUT2D eigenvalue weighted by atomic mass is 10.2. The van der Waals surface area contributed by atoms with Crippen LogP contribution in [0.25, 0.3) is 0 Å². The molecule has 0 saturated carbocycles.